The predicted octanol–water partition coefficient (Wildman–Crippen LogP) is 4.11. The molecule has 0 amide bonds. The highest BCUT2D eigenvalue weighted by Gasteiger charge is 2.20. The summed E-state index contributed by atoms with van der Waals surface area (Å²) in [7, 11) is 0. The zero-order valence-electron chi connectivity index (χ0n) is 14.1. The Labute approximate surface area is 139 Å². The lowest BCUT2D eigenvalue weighted by atomic mass is 10.1. The third-order valence-electron chi connectivity index (χ3n) is 4.13. The van der Waals surface area contributed by atoms with Gasteiger partial charge in [0.2, 0.25) is 0 Å². The summed E-state index contributed by atoms with van der Waals surface area (Å²) in [5, 5.41) is 2.44. The molecule has 0 aliphatic rings. The number of quaternary nitrogens is 1. The smallest absolute Gasteiger partial charge is 0.0896 e. The van der Waals surface area contributed by atoms with Gasteiger partial charge in [-0.3, -0.25) is 0 Å². The number of hydroxylamine groups is 1. The van der Waals surface area contributed by atoms with Gasteiger partial charge < -0.3 is 0 Å². The number of unbranched alkanes of at least 4 members (excludes halogenated alkanes) is 5. The zero-order chi connectivity index (χ0) is 16.3. The molecule has 1 radical (unpaired) electrons. The van der Waals surface area contributed by atoms with Crippen LogP contribution in [0.25, 0.3) is 10.8 Å². The third-order valence-corrected chi connectivity index (χ3v) is 4.13. The second-order valence-corrected chi connectivity index (χ2v) is 6.02. The fourth-order valence-corrected chi connectivity index (χ4v) is 2.80. The SMILES string of the molecule is CCCCCCCCC(=[O+])O[NH2+]Cc1cccc2ccccc12. The maximum atomic E-state index is 11.7. The summed E-state index contributed by atoms with van der Waals surface area (Å²) in [4.78, 5) is 17.0. The van der Waals surface area contributed by atoms with Gasteiger partial charge >= 0.3 is 5.97 Å². The zero-order valence-corrected chi connectivity index (χ0v) is 14.1. The van der Waals surface area contributed by atoms with E-state index < -0.39 is 0 Å². The van der Waals surface area contributed by atoms with Crippen LogP contribution in [0.15, 0.2) is 42.5 Å². The fourth-order valence-electron chi connectivity index (χ4n) is 2.80. The molecular weight excluding hydrogens is 286 g/mol. The maximum Gasteiger partial charge on any atom is 0.638 e. The van der Waals surface area contributed by atoms with E-state index in [4.69, 9.17) is 4.84 Å². The Morgan fingerprint density at radius 1 is 0.957 bits per heavy atom. The van der Waals surface area contributed by atoms with E-state index in [1.165, 1.54) is 42.0 Å². The van der Waals surface area contributed by atoms with Crippen LogP contribution < -0.4 is 5.48 Å². The molecule has 2 aromatic rings. The Balaban J connectivity index is 1.67. The van der Waals surface area contributed by atoms with Crippen molar-refractivity contribution < 1.29 is 15.1 Å². The average Bonchev–Trinajstić information content (AvgIpc) is 2.58. The number of hydrogen-bond donors (Lipinski definition) is 1. The van der Waals surface area contributed by atoms with Gasteiger partial charge in [-0.2, -0.15) is 0 Å². The van der Waals surface area contributed by atoms with Crippen LogP contribution in [0.2, 0.25) is 0 Å². The second-order valence-electron chi connectivity index (χ2n) is 6.02. The molecule has 0 saturated carbocycles. The second kappa shape index (κ2) is 10.0. The standard InChI is InChI=1S/C20H27NO2/c1-2-3-4-5-6-7-15-20(22)23-21-16-18-13-10-12-17-11-8-9-14-19(17)18/h8-14,21H,2-7,15-16H2,1H3/q+1/p+1. The molecule has 0 atom stereocenters. The van der Waals surface area contributed by atoms with Crippen LogP contribution in [0.3, 0.4) is 0 Å². The van der Waals surface area contributed by atoms with Crippen molar-refractivity contribution in [3.8, 4) is 0 Å². The van der Waals surface area contributed by atoms with Crippen LogP contribution in [-0.4, -0.2) is 5.97 Å². The summed E-state index contributed by atoms with van der Waals surface area (Å²) in [5.41, 5.74) is 2.83. The van der Waals surface area contributed by atoms with Gasteiger partial charge in [0.05, 0.1) is 4.79 Å². The van der Waals surface area contributed by atoms with Crippen LogP contribution >= 0.6 is 0 Å². The molecule has 2 N–H and O–H groups in total. The number of benzene rings is 2. The molecule has 23 heavy (non-hydrogen) atoms. The first-order chi connectivity index (χ1) is 11.3. The van der Waals surface area contributed by atoms with Crippen molar-refractivity contribution in [2.45, 2.75) is 58.4 Å². The molecule has 123 valence electrons. The normalized spacial score (nSPS) is 10.8. The van der Waals surface area contributed by atoms with Gasteiger partial charge in [0.1, 0.15) is 6.42 Å². The number of carbonyl (C=O) groups is 1. The number of nitrogens with two attached hydrogens (primary N) is 1. The molecule has 3 nitrogen and oxygen atoms in total. The summed E-state index contributed by atoms with van der Waals surface area (Å²) >= 11 is 0. The van der Waals surface area contributed by atoms with Crippen LogP contribution in [0.1, 0.15) is 57.4 Å². The molecule has 0 spiro atoms. The Morgan fingerprint density at radius 3 is 2.57 bits per heavy atom. The fraction of sp³-hybridized carbons (Fsp3) is 0.450. The quantitative estimate of drug-likeness (QED) is 0.407. The number of hydrogen-bond acceptors (Lipinski definition) is 2. The van der Waals surface area contributed by atoms with Gasteiger partial charge in [-0.15, -0.1) is 0 Å². The van der Waals surface area contributed by atoms with Crippen molar-refractivity contribution in [1.29, 1.82) is 0 Å². The molecule has 0 saturated heterocycles. The van der Waals surface area contributed by atoms with Crippen molar-refractivity contribution in [1.82, 2.24) is 0 Å². The summed E-state index contributed by atoms with van der Waals surface area (Å²) in [6, 6.07) is 14.5. The molecule has 0 fully saturated rings. The maximum absolute atomic E-state index is 11.7. The van der Waals surface area contributed by atoms with Crippen molar-refractivity contribution in [2.24, 2.45) is 0 Å². The van der Waals surface area contributed by atoms with E-state index in [2.05, 4.69) is 31.2 Å². The molecule has 2 aromatic carbocycles. The molecule has 0 aliphatic carbocycles. The van der Waals surface area contributed by atoms with Gasteiger partial charge in [0.15, 0.2) is 6.54 Å². The van der Waals surface area contributed by atoms with Crippen LogP contribution in [0.4, 0.5) is 0 Å². The lowest BCUT2D eigenvalue weighted by molar-refractivity contribution is -0.884. The van der Waals surface area contributed by atoms with Crippen molar-refractivity contribution in [3.63, 3.8) is 0 Å². The monoisotopic (exact) mass is 314 g/mol. The first-order valence-corrected chi connectivity index (χ1v) is 8.79. The molecule has 0 heterocycles. The average molecular weight is 314 g/mol. The molecule has 0 bridgehead atoms. The topological polar surface area (TPSA) is 45.7 Å². The van der Waals surface area contributed by atoms with Gasteiger partial charge in [0, 0.05) is 5.56 Å². The minimum absolute atomic E-state index is 0.110. The van der Waals surface area contributed by atoms with E-state index in [-0.39, 0.29) is 5.97 Å². The highest BCUT2D eigenvalue weighted by atomic mass is 16.7. The largest absolute Gasteiger partial charge is 0.638 e. The molecule has 0 aromatic heterocycles. The van der Waals surface area contributed by atoms with E-state index in [0.29, 0.717) is 13.0 Å². The van der Waals surface area contributed by atoms with E-state index in [9.17, 15) is 4.79 Å². The summed E-state index contributed by atoms with van der Waals surface area (Å²) in [5.74, 6) is -0.110. The summed E-state index contributed by atoms with van der Waals surface area (Å²) in [6.45, 7) is 2.87. The Morgan fingerprint density at radius 2 is 1.70 bits per heavy atom. The molecule has 3 heteroatoms. The molecule has 2 rings (SSSR count). The van der Waals surface area contributed by atoms with Gasteiger partial charge in [-0.1, -0.05) is 91.8 Å². The highest BCUT2D eigenvalue weighted by molar-refractivity contribution is 5.85. The minimum atomic E-state index is -0.110. The minimum Gasteiger partial charge on any atom is -0.0896 e. The van der Waals surface area contributed by atoms with Crippen molar-refractivity contribution >= 4 is 16.7 Å². The van der Waals surface area contributed by atoms with Crippen LogP contribution in [-0.2, 0) is 16.2 Å². The molecule has 0 unspecified atom stereocenters. The van der Waals surface area contributed by atoms with E-state index >= 15 is 0 Å². The van der Waals surface area contributed by atoms with Crippen molar-refractivity contribution in [3.05, 3.63) is 48.0 Å². The van der Waals surface area contributed by atoms with Crippen LogP contribution in [0, 0.1) is 0 Å². The molecular formula is C20H28NO2+2. The predicted molar refractivity (Wildman–Crippen MR) is 93.7 cm³/mol. The number of carbonyl (C=O) groups excluding carboxylic acids is 1. The number of rotatable bonds is 10. The Bertz CT molecular complexity index is 604. The number of fused-ring (bicyclic) bond motifs is 1. The Hall–Kier alpha value is -1.87. The third kappa shape index (κ3) is 6.03. The van der Waals surface area contributed by atoms with E-state index in [0.717, 1.165) is 12.8 Å². The lowest BCUT2D eigenvalue weighted by Crippen LogP contribution is -2.82. The Kier molecular flexibility index (Phi) is 7.61. The van der Waals surface area contributed by atoms with Gasteiger partial charge in [-0.05, 0) is 17.2 Å². The van der Waals surface area contributed by atoms with E-state index in [1.807, 2.05) is 18.2 Å². The van der Waals surface area contributed by atoms with Gasteiger partial charge in [0.25, 0.3) is 0 Å². The lowest BCUT2D eigenvalue weighted by Gasteiger charge is -2.02. The molecule has 0 aliphatic heterocycles. The van der Waals surface area contributed by atoms with Crippen LogP contribution in [0.5, 0.6) is 0 Å². The van der Waals surface area contributed by atoms with E-state index in [1.54, 1.807) is 5.48 Å². The summed E-state index contributed by atoms with van der Waals surface area (Å²) in [6.07, 6.45) is 7.63. The first kappa shape index (κ1) is 17.5. The summed E-state index contributed by atoms with van der Waals surface area (Å²) < 4.78 is 0. The highest BCUT2D eigenvalue weighted by Crippen LogP contribution is 2.17. The first-order valence-electron chi connectivity index (χ1n) is 8.79. The van der Waals surface area contributed by atoms with Crippen molar-refractivity contribution in [2.75, 3.05) is 0 Å². The van der Waals surface area contributed by atoms with Gasteiger partial charge in [-0.25, -0.2) is 0 Å².